The molecule has 20 heavy (non-hydrogen) atoms. The van der Waals surface area contributed by atoms with Crippen LogP contribution in [0.4, 0.5) is 0 Å². The van der Waals surface area contributed by atoms with Gasteiger partial charge in [0.15, 0.2) is 0 Å². The van der Waals surface area contributed by atoms with Crippen molar-refractivity contribution in [2.75, 3.05) is 5.33 Å². The lowest BCUT2D eigenvalue weighted by Crippen LogP contribution is -2.51. The SMILES string of the molecule is CC(C)c1ccc(C(=O)NC2(CBr)CCCCC2)cc1. The van der Waals surface area contributed by atoms with E-state index in [0.29, 0.717) is 5.92 Å². The van der Waals surface area contributed by atoms with Crippen LogP contribution in [0.1, 0.15) is 67.8 Å². The van der Waals surface area contributed by atoms with Crippen molar-refractivity contribution in [3.8, 4) is 0 Å². The molecule has 0 heterocycles. The molecule has 1 amide bonds. The third-order valence-electron chi connectivity index (χ3n) is 4.28. The molecule has 2 rings (SSSR count). The van der Waals surface area contributed by atoms with Crippen molar-refractivity contribution < 1.29 is 4.79 Å². The van der Waals surface area contributed by atoms with E-state index in [-0.39, 0.29) is 11.4 Å². The zero-order valence-corrected chi connectivity index (χ0v) is 14.0. The molecule has 1 aliphatic rings. The molecular weight excluding hydrogens is 314 g/mol. The van der Waals surface area contributed by atoms with Gasteiger partial charge < -0.3 is 5.32 Å². The molecule has 1 N–H and O–H groups in total. The molecule has 1 aromatic rings. The van der Waals surface area contributed by atoms with Crippen molar-refractivity contribution >= 4 is 21.8 Å². The normalized spacial score (nSPS) is 18.0. The molecular formula is C17H24BrNO. The Kier molecular flexibility index (Phi) is 5.25. The lowest BCUT2D eigenvalue weighted by atomic mass is 9.83. The highest BCUT2D eigenvalue weighted by Gasteiger charge is 2.32. The summed E-state index contributed by atoms with van der Waals surface area (Å²) in [5, 5.41) is 4.10. The molecule has 1 aromatic carbocycles. The molecule has 0 saturated heterocycles. The number of carbonyl (C=O) groups excluding carboxylic acids is 1. The summed E-state index contributed by atoms with van der Waals surface area (Å²) in [5.41, 5.74) is 1.99. The van der Waals surface area contributed by atoms with Crippen LogP contribution in [0.15, 0.2) is 24.3 Å². The van der Waals surface area contributed by atoms with Gasteiger partial charge in [0.25, 0.3) is 5.91 Å². The lowest BCUT2D eigenvalue weighted by molar-refractivity contribution is 0.0886. The Morgan fingerprint density at radius 1 is 1.20 bits per heavy atom. The van der Waals surface area contributed by atoms with E-state index in [1.54, 1.807) is 0 Å². The molecule has 2 nitrogen and oxygen atoms in total. The number of alkyl halides is 1. The quantitative estimate of drug-likeness (QED) is 0.797. The van der Waals surface area contributed by atoms with E-state index in [1.807, 2.05) is 12.1 Å². The summed E-state index contributed by atoms with van der Waals surface area (Å²) in [6.45, 7) is 4.33. The Hall–Kier alpha value is -0.830. The fraction of sp³-hybridized carbons (Fsp3) is 0.588. The minimum atomic E-state index is -0.0496. The number of amides is 1. The molecule has 0 atom stereocenters. The van der Waals surface area contributed by atoms with Crippen LogP contribution in [-0.4, -0.2) is 16.8 Å². The Morgan fingerprint density at radius 2 is 1.80 bits per heavy atom. The Balaban J connectivity index is 2.06. The van der Waals surface area contributed by atoms with Gasteiger partial charge in [-0.25, -0.2) is 0 Å². The first-order valence-corrected chi connectivity index (χ1v) is 8.67. The molecule has 1 fully saturated rings. The van der Waals surface area contributed by atoms with Crippen molar-refractivity contribution in [3.63, 3.8) is 0 Å². The highest BCUT2D eigenvalue weighted by atomic mass is 79.9. The molecule has 0 aliphatic heterocycles. The zero-order valence-electron chi connectivity index (χ0n) is 12.4. The minimum Gasteiger partial charge on any atom is -0.346 e. The third kappa shape index (κ3) is 3.63. The van der Waals surface area contributed by atoms with E-state index in [4.69, 9.17) is 0 Å². The molecule has 0 bridgehead atoms. The summed E-state index contributed by atoms with van der Waals surface area (Å²) in [7, 11) is 0. The van der Waals surface area contributed by atoms with Gasteiger partial charge in [-0.2, -0.15) is 0 Å². The van der Waals surface area contributed by atoms with E-state index in [0.717, 1.165) is 23.7 Å². The van der Waals surface area contributed by atoms with Crippen LogP contribution in [0.3, 0.4) is 0 Å². The average Bonchev–Trinajstić information content (AvgIpc) is 2.48. The average molecular weight is 338 g/mol. The smallest absolute Gasteiger partial charge is 0.251 e. The molecule has 110 valence electrons. The third-order valence-corrected chi connectivity index (χ3v) is 5.36. The summed E-state index contributed by atoms with van der Waals surface area (Å²) in [6, 6.07) is 7.99. The van der Waals surface area contributed by atoms with Gasteiger partial charge in [0.2, 0.25) is 0 Å². The van der Waals surface area contributed by atoms with Gasteiger partial charge in [-0.3, -0.25) is 4.79 Å². The van der Waals surface area contributed by atoms with E-state index in [1.165, 1.54) is 24.8 Å². The highest BCUT2D eigenvalue weighted by Crippen LogP contribution is 2.30. The van der Waals surface area contributed by atoms with E-state index in [9.17, 15) is 4.79 Å². The van der Waals surface area contributed by atoms with Crippen LogP contribution in [0.25, 0.3) is 0 Å². The highest BCUT2D eigenvalue weighted by molar-refractivity contribution is 9.09. The van der Waals surface area contributed by atoms with Gasteiger partial charge in [-0.15, -0.1) is 0 Å². The van der Waals surface area contributed by atoms with Crippen LogP contribution in [0, 0.1) is 0 Å². The first-order valence-electron chi connectivity index (χ1n) is 7.55. The standard InChI is InChI=1S/C17H24BrNO/c1-13(2)14-6-8-15(9-7-14)16(20)19-17(12-18)10-4-3-5-11-17/h6-9,13H,3-5,10-12H2,1-2H3,(H,19,20). The van der Waals surface area contributed by atoms with E-state index in [2.05, 4.69) is 47.2 Å². The Bertz CT molecular complexity index is 447. The second-order valence-electron chi connectivity index (χ2n) is 6.21. The second-order valence-corrected chi connectivity index (χ2v) is 6.77. The number of halogens is 1. The van der Waals surface area contributed by atoms with Crippen LogP contribution in [0.5, 0.6) is 0 Å². The van der Waals surface area contributed by atoms with E-state index >= 15 is 0 Å². The summed E-state index contributed by atoms with van der Waals surface area (Å²) in [5.74, 6) is 0.556. The number of nitrogens with one attached hydrogen (secondary N) is 1. The Labute approximate surface area is 130 Å². The number of hydrogen-bond donors (Lipinski definition) is 1. The van der Waals surface area contributed by atoms with Crippen molar-refractivity contribution in [2.24, 2.45) is 0 Å². The van der Waals surface area contributed by atoms with Crippen molar-refractivity contribution in [2.45, 2.75) is 57.4 Å². The Morgan fingerprint density at radius 3 is 2.30 bits per heavy atom. The topological polar surface area (TPSA) is 29.1 Å². The van der Waals surface area contributed by atoms with Crippen LogP contribution in [-0.2, 0) is 0 Å². The van der Waals surface area contributed by atoms with Crippen LogP contribution < -0.4 is 5.32 Å². The zero-order chi connectivity index (χ0) is 14.6. The summed E-state index contributed by atoms with van der Waals surface area (Å²) in [6.07, 6.45) is 5.85. The number of carbonyl (C=O) groups is 1. The molecule has 0 spiro atoms. The van der Waals surface area contributed by atoms with Gasteiger partial charge in [0, 0.05) is 10.9 Å². The molecule has 0 aromatic heterocycles. The predicted octanol–water partition coefficient (Wildman–Crippen LogP) is 4.64. The number of hydrogen-bond acceptors (Lipinski definition) is 1. The first kappa shape index (κ1) is 15.6. The maximum Gasteiger partial charge on any atom is 0.251 e. The summed E-state index contributed by atoms with van der Waals surface area (Å²) in [4.78, 5) is 12.4. The van der Waals surface area contributed by atoms with Crippen LogP contribution in [0.2, 0.25) is 0 Å². The monoisotopic (exact) mass is 337 g/mol. The molecule has 1 aliphatic carbocycles. The van der Waals surface area contributed by atoms with E-state index < -0.39 is 0 Å². The van der Waals surface area contributed by atoms with Gasteiger partial charge in [0.1, 0.15) is 0 Å². The van der Waals surface area contributed by atoms with Crippen molar-refractivity contribution in [1.82, 2.24) is 5.32 Å². The second kappa shape index (κ2) is 6.75. The fourth-order valence-electron chi connectivity index (χ4n) is 2.85. The summed E-state index contributed by atoms with van der Waals surface area (Å²) < 4.78 is 0. The lowest BCUT2D eigenvalue weighted by Gasteiger charge is -2.36. The van der Waals surface area contributed by atoms with Gasteiger partial charge in [-0.1, -0.05) is 61.2 Å². The van der Waals surface area contributed by atoms with Crippen LogP contribution >= 0.6 is 15.9 Å². The minimum absolute atomic E-state index is 0.0496. The van der Waals surface area contributed by atoms with Crippen molar-refractivity contribution in [1.29, 1.82) is 0 Å². The molecule has 0 unspecified atom stereocenters. The molecule has 0 radical (unpaired) electrons. The molecule has 1 saturated carbocycles. The van der Waals surface area contributed by atoms with Crippen molar-refractivity contribution in [3.05, 3.63) is 35.4 Å². The van der Waals surface area contributed by atoms with Gasteiger partial charge in [-0.05, 0) is 36.5 Å². The number of rotatable bonds is 4. The summed E-state index contributed by atoms with van der Waals surface area (Å²) >= 11 is 3.59. The molecule has 3 heteroatoms. The number of benzene rings is 1. The maximum atomic E-state index is 12.4. The predicted molar refractivity (Wildman–Crippen MR) is 87.6 cm³/mol. The van der Waals surface area contributed by atoms with Gasteiger partial charge >= 0.3 is 0 Å². The fourth-order valence-corrected chi connectivity index (χ4v) is 3.55. The van der Waals surface area contributed by atoms with Gasteiger partial charge in [0.05, 0.1) is 5.54 Å². The first-order chi connectivity index (χ1) is 9.56. The maximum absolute atomic E-state index is 12.4. The largest absolute Gasteiger partial charge is 0.346 e.